The second-order valence-electron chi connectivity index (χ2n) is 6.61. The van der Waals surface area contributed by atoms with Gasteiger partial charge in [0.05, 0.1) is 0 Å². The molecule has 0 radical (unpaired) electrons. The largest absolute Gasteiger partial charge is 0.329 e. The molecule has 0 saturated heterocycles. The van der Waals surface area contributed by atoms with Crippen molar-refractivity contribution in [3.8, 4) is 0 Å². The molecule has 0 spiro atoms. The van der Waals surface area contributed by atoms with Crippen molar-refractivity contribution in [1.29, 1.82) is 0 Å². The maximum atomic E-state index is 6.20. The van der Waals surface area contributed by atoms with Gasteiger partial charge in [0.1, 0.15) is 0 Å². The third-order valence-corrected chi connectivity index (χ3v) is 4.35. The van der Waals surface area contributed by atoms with Gasteiger partial charge in [0.2, 0.25) is 0 Å². The SMILES string of the molecule is C=CC(CN)(Cc1cc(C)cc(C)c1)c1cc(C)cc(C)c1. The van der Waals surface area contributed by atoms with Gasteiger partial charge < -0.3 is 5.73 Å². The summed E-state index contributed by atoms with van der Waals surface area (Å²) >= 11 is 0. The Bertz CT molecular complexity index is 644. The average Bonchev–Trinajstić information content (AvgIpc) is 2.42. The fourth-order valence-corrected chi connectivity index (χ4v) is 3.36. The molecule has 0 heterocycles. The van der Waals surface area contributed by atoms with Crippen LogP contribution in [0.3, 0.4) is 0 Å². The predicted octanol–water partition coefficient (Wildman–Crippen LogP) is 4.55. The molecule has 2 N–H and O–H groups in total. The van der Waals surface area contributed by atoms with E-state index in [1.54, 1.807) is 0 Å². The summed E-state index contributed by atoms with van der Waals surface area (Å²) in [5.41, 5.74) is 13.7. The first-order chi connectivity index (χ1) is 10.4. The van der Waals surface area contributed by atoms with Crippen molar-refractivity contribution in [3.05, 3.63) is 82.4 Å². The lowest BCUT2D eigenvalue weighted by atomic mass is 9.74. The lowest BCUT2D eigenvalue weighted by Gasteiger charge is -2.31. The fraction of sp³-hybridized carbons (Fsp3) is 0.333. The molecule has 0 aromatic heterocycles. The normalized spacial score (nSPS) is 13.7. The average molecular weight is 293 g/mol. The summed E-state index contributed by atoms with van der Waals surface area (Å²) in [6, 6.07) is 13.4. The lowest BCUT2D eigenvalue weighted by molar-refractivity contribution is 0.543. The number of aryl methyl sites for hydroxylation is 4. The van der Waals surface area contributed by atoms with Gasteiger partial charge >= 0.3 is 0 Å². The maximum absolute atomic E-state index is 6.20. The minimum atomic E-state index is -0.211. The highest BCUT2D eigenvalue weighted by Crippen LogP contribution is 2.31. The monoisotopic (exact) mass is 293 g/mol. The first-order valence-electron chi connectivity index (χ1n) is 7.88. The van der Waals surface area contributed by atoms with Crippen molar-refractivity contribution in [1.82, 2.24) is 0 Å². The van der Waals surface area contributed by atoms with Gasteiger partial charge in [-0.2, -0.15) is 0 Å². The first-order valence-corrected chi connectivity index (χ1v) is 7.88. The molecule has 2 aromatic carbocycles. The van der Waals surface area contributed by atoms with Crippen LogP contribution in [-0.4, -0.2) is 6.54 Å². The van der Waals surface area contributed by atoms with Gasteiger partial charge in [-0.3, -0.25) is 0 Å². The van der Waals surface area contributed by atoms with Crippen LogP contribution in [-0.2, 0) is 11.8 Å². The van der Waals surface area contributed by atoms with Gasteiger partial charge in [-0.05, 0) is 45.2 Å². The zero-order chi connectivity index (χ0) is 16.3. The Hall–Kier alpha value is -1.86. The molecule has 1 nitrogen and oxygen atoms in total. The molecule has 2 rings (SSSR count). The summed E-state index contributed by atoms with van der Waals surface area (Å²) in [4.78, 5) is 0. The molecule has 1 atom stereocenters. The van der Waals surface area contributed by atoms with Gasteiger partial charge in [-0.25, -0.2) is 0 Å². The molecule has 0 fully saturated rings. The molecule has 0 aliphatic carbocycles. The van der Waals surface area contributed by atoms with Gasteiger partial charge in [0.25, 0.3) is 0 Å². The highest BCUT2D eigenvalue weighted by Gasteiger charge is 2.28. The van der Waals surface area contributed by atoms with Crippen LogP contribution in [0.25, 0.3) is 0 Å². The van der Waals surface area contributed by atoms with E-state index < -0.39 is 0 Å². The second kappa shape index (κ2) is 6.50. The molecule has 0 aliphatic rings. The van der Waals surface area contributed by atoms with Crippen molar-refractivity contribution in [2.24, 2.45) is 5.73 Å². The van der Waals surface area contributed by atoms with Crippen LogP contribution < -0.4 is 5.73 Å². The minimum Gasteiger partial charge on any atom is -0.329 e. The topological polar surface area (TPSA) is 26.0 Å². The number of hydrogen-bond acceptors (Lipinski definition) is 1. The summed E-state index contributed by atoms with van der Waals surface area (Å²) < 4.78 is 0. The number of nitrogens with two attached hydrogens (primary N) is 1. The summed E-state index contributed by atoms with van der Waals surface area (Å²) in [5.74, 6) is 0. The first kappa shape index (κ1) is 16.5. The van der Waals surface area contributed by atoms with Crippen LogP contribution >= 0.6 is 0 Å². The highest BCUT2D eigenvalue weighted by atomic mass is 14.6. The zero-order valence-electron chi connectivity index (χ0n) is 14.2. The molecule has 0 amide bonds. The fourth-order valence-electron chi connectivity index (χ4n) is 3.36. The van der Waals surface area contributed by atoms with Crippen molar-refractivity contribution in [2.75, 3.05) is 6.54 Å². The van der Waals surface area contributed by atoms with Gasteiger partial charge in [-0.1, -0.05) is 64.7 Å². The van der Waals surface area contributed by atoms with Crippen molar-refractivity contribution in [3.63, 3.8) is 0 Å². The van der Waals surface area contributed by atoms with E-state index in [0.717, 1.165) is 6.42 Å². The number of rotatable bonds is 5. The van der Waals surface area contributed by atoms with E-state index in [1.165, 1.54) is 33.4 Å². The Kier molecular flexibility index (Phi) is 4.87. The van der Waals surface area contributed by atoms with E-state index in [9.17, 15) is 0 Å². The van der Waals surface area contributed by atoms with Crippen LogP contribution in [0.5, 0.6) is 0 Å². The van der Waals surface area contributed by atoms with E-state index in [0.29, 0.717) is 6.54 Å². The van der Waals surface area contributed by atoms with Crippen LogP contribution in [0.4, 0.5) is 0 Å². The number of benzene rings is 2. The molecule has 0 aliphatic heterocycles. The van der Waals surface area contributed by atoms with Crippen LogP contribution in [0.1, 0.15) is 33.4 Å². The zero-order valence-corrected chi connectivity index (χ0v) is 14.2. The minimum absolute atomic E-state index is 0.211. The van der Waals surface area contributed by atoms with Gasteiger partial charge in [0.15, 0.2) is 0 Å². The van der Waals surface area contributed by atoms with Crippen LogP contribution in [0, 0.1) is 27.7 Å². The molecular weight excluding hydrogens is 266 g/mol. The Balaban J connectivity index is 2.49. The van der Waals surface area contributed by atoms with Gasteiger partial charge in [-0.15, -0.1) is 6.58 Å². The third kappa shape index (κ3) is 3.48. The van der Waals surface area contributed by atoms with Crippen molar-refractivity contribution < 1.29 is 0 Å². The molecule has 0 bridgehead atoms. The molecular formula is C21H27N. The van der Waals surface area contributed by atoms with E-state index in [4.69, 9.17) is 5.73 Å². The molecule has 116 valence electrons. The predicted molar refractivity (Wildman–Crippen MR) is 96.5 cm³/mol. The van der Waals surface area contributed by atoms with E-state index in [2.05, 4.69) is 70.7 Å². The van der Waals surface area contributed by atoms with Crippen molar-refractivity contribution in [2.45, 2.75) is 39.5 Å². The van der Waals surface area contributed by atoms with Gasteiger partial charge in [0, 0.05) is 12.0 Å². The van der Waals surface area contributed by atoms with E-state index in [1.807, 2.05) is 6.08 Å². The molecule has 1 heteroatoms. The van der Waals surface area contributed by atoms with E-state index >= 15 is 0 Å². The molecule has 22 heavy (non-hydrogen) atoms. The van der Waals surface area contributed by atoms with Crippen LogP contribution in [0.2, 0.25) is 0 Å². The van der Waals surface area contributed by atoms with E-state index in [-0.39, 0.29) is 5.41 Å². The molecule has 1 unspecified atom stereocenters. The molecule has 0 saturated carbocycles. The molecule has 2 aromatic rings. The Morgan fingerprint density at radius 1 is 0.864 bits per heavy atom. The third-order valence-electron chi connectivity index (χ3n) is 4.35. The summed E-state index contributed by atoms with van der Waals surface area (Å²) in [7, 11) is 0. The number of hydrogen-bond donors (Lipinski definition) is 1. The Morgan fingerprint density at radius 2 is 1.32 bits per heavy atom. The lowest BCUT2D eigenvalue weighted by Crippen LogP contribution is -2.35. The van der Waals surface area contributed by atoms with Crippen molar-refractivity contribution >= 4 is 0 Å². The maximum Gasteiger partial charge on any atom is 0.0292 e. The standard InChI is InChI=1S/C21H27N/c1-6-21(14-22,20-11-17(4)8-18(5)12-20)13-19-9-15(2)7-16(3)10-19/h6-12H,1,13-14,22H2,2-5H3. The summed E-state index contributed by atoms with van der Waals surface area (Å²) in [6.07, 6.45) is 2.91. The Morgan fingerprint density at radius 3 is 1.73 bits per heavy atom. The highest BCUT2D eigenvalue weighted by molar-refractivity contribution is 5.40. The van der Waals surface area contributed by atoms with Crippen LogP contribution in [0.15, 0.2) is 49.1 Å². The second-order valence-corrected chi connectivity index (χ2v) is 6.61. The summed E-state index contributed by atoms with van der Waals surface area (Å²) in [5, 5.41) is 0. The quantitative estimate of drug-likeness (QED) is 0.804. The summed E-state index contributed by atoms with van der Waals surface area (Å²) in [6.45, 7) is 13.2. The smallest absolute Gasteiger partial charge is 0.0292 e. The Labute approximate surface area is 134 Å².